The molecule has 0 bridgehead atoms. The van der Waals surface area contributed by atoms with Crippen LogP contribution in [0.2, 0.25) is 0 Å². The molecule has 2 rings (SSSR count). The van der Waals surface area contributed by atoms with Gasteiger partial charge >= 0.3 is 0 Å². The summed E-state index contributed by atoms with van der Waals surface area (Å²) >= 11 is 3.23. The first-order valence-corrected chi connectivity index (χ1v) is 6.27. The van der Waals surface area contributed by atoms with Gasteiger partial charge in [0.1, 0.15) is 5.82 Å². The molecule has 3 heteroatoms. The third-order valence-corrected chi connectivity index (χ3v) is 3.48. The molecular formula is C12H15BrFN. The van der Waals surface area contributed by atoms with Crippen molar-refractivity contribution in [1.82, 2.24) is 0 Å². The van der Waals surface area contributed by atoms with Crippen LogP contribution in [0.25, 0.3) is 0 Å². The van der Waals surface area contributed by atoms with Crippen LogP contribution in [0, 0.1) is 5.82 Å². The molecule has 0 radical (unpaired) electrons. The van der Waals surface area contributed by atoms with E-state index in [4.69, 9.17) is 0 Å². The minimum atomic E-state index is -0.187. The summed E-state index contributed by atoms with van der Waals surface area (Å²) in [5.41, 5.74) is 1.13. The Hall–Kier alpha value is -0.570. The monoisotopic (exact) mass is 271 g/mol. The van der Waals surface area contributed by atoms with E-state index >= 15 is 0 Å². The number of anilines is 1. The van der Waals surface area contributed by atoms with E-state index in [0.717, 1.165) is 18.8 Å². The largest absolute Gasteiger partial charge is 0.372 e. The zero-order valence-corrected chi connectivity index (χ0v) is 10.3. The fourth-order valence-corrected chi connectivity index (χ4v) is 2.38. The van der Waals surface area contributed by atoms with E-state index in [1.54, 1.807) is 0 Å². The second-order valence-corrected chi connectivity index (χ2v) is 4.85. The van der Waals surface area contributed by atoms with Gasteiger partial charge in [-0.05, 0) is 47.0 Å². The molecule has 0 aromatic heterocycles. The van der Waals surface area contributed by atoms with E-state index in [9.17, 15) is 4.39 Å². The Labute approximate surface area is 98.4 Å². The predicted molar refractivity (Wildman–Crippen MR) is 64.8 cm³/mol. The van der Waals surface area contributed by atoms with Crippen LogP contribution in [-0.4, -0.2) is 13.1 Å². The van der Waals surface area contributed by atoms with E-state index in [-0.39, 0.29) is 5.82 Å². The smallest absolute Gasteiger partial charge is 0.137 e. The van der Waals surface area contributed by atoms with Crippen LogP contribution in [0.5, 0.6) is 0 Å². The minimum Gasteiger partial charge on any atom is -0.372 e. The lowest BCUT2D eigenvalue weighted by Gasteiger charge is -2.22. The molecule has 0 spiro atoms. The molecule has 0 atom stereocenters. The molecular weight excluding hydrogens is 257 g/mol. The van der Waals surface area contributed by atoms with Crippen LogP contribution in [0.15, 0.2) is 22.7 Å². The first-order chi connectivity index (χ1) is 7.27. The van der Waals surface area contributed by atoms with Crippen molar-refractivity contribution in [3.63, 3.8) is 0 Å². The van der Waals surface area contributed by atoms with Crippen LogP contribution in [0.1, 0.15) is 25.7 Å². The molecule has 1 aliphatic heterocycles. The highest BCUT2D eigenvalue weighted by atomic mass is 79.9. The fourth-order valence-electron chi connectivity index (χ4n) is 2.01. The zero-order chi connectivity index (χ0) is 10.7. The summed E-state index contributed by atoms with van der Waals surface area (Å²) in [6.45, 7) is 2.19. The van der Waals surface area contributed by atoms with Gasteiger partial charge in [-0.1, -0.05) is 12.8 Å². The molecule has 0 aliphatic carbocycles. The Morgan fingerprint density at radius 1 is 1.07 bits per heavy atom. The number of hydrogen-bond donors (Lipinski definition) is 0. The van der Waals surface area contributed by atoms with Gasteiger partial charge in [0.05, 0.1) is 4.47 Å². The maximum absolute atomic E-state index is 13.1. The highest BCUT2D eigenvalue weighted by molar-refractivity contribution is 9.10. The van der Waals surface area contributed by atoms with Crippen molar-refractivity contribution in [2.45, 2.75) is 25.7 Å². The third kappa shape index (κ3) is 2.71. The van der Waals surface area contributed by atoms with Gasteiger partial charge in [0.2, 0.25) is 0 Å². The summed E-state index contributed by atoms with van der Waals surface area (Å²) in [4.78, 5) is 2.34. The number of benzene rings is 1. The molecule has 0 unspecified atom stereocenters. The SMILES string of the molecule is Fc1ccc(N2CCCCCC2)cc1Br. The molecule has 15 heavy (non-hydrogen) atoms. The maximum Gasteiger partial charge on any atom is 0.137 e. The topological polar surface area (TPSA) is 3.24 Å². The van der Waals surface area contributed by atoms with Crippen molar-refractivity contribution in [3.8, 4) is 0 Å². The summed E-state index contributed by atoms with van der Waals surface area (Å²) in [6, 6.07) is 5.27. The second-order valence-electron chi connectivity index (χ2n) is 4.00. The molecule has 0 N–H and O–H groups in total. The van der Waals surface area contributed by atoms with E-state index in [1.807, 2.05) is 12.1 Å². The molecule has 1 aromatic carbocycles. The Morgan fingerprint density at radius 3 is 2.33 bits per heavy atom. The standard InChI is InChI=1S/C12H15BrFN/c13-11-9-10(5-6-12(11)14)15-7-3-1-2-4-8-15/h5-6,9H,1-4,7-8H2. The number of hydrogen-bond acceptors (Lipinski definition) is 1. The molecule has 1 nitrogen and oxygen atoms in total. The van der Waals surface area contributed by atoms with Crippen LogP contribution in [0.4, 0.5) is 10.1 Å². The van der Waals surface area contributed by atoms with Crippen LogP contribution in [0.3, 0.4) is 0 Å². The molecule has 82 valence electrons. The van der Waals surface area contributed by atoms with Gasteiger partial charge in [0.15, 0.2) is 0 Å². The van der Waals surface area contributed by atoms with Crippen molar-refractivity contribution in [1.29, 1.82) is 0 Å². The Morgan fingerprint density at radius 2 is 1.73 bits per heavy atom. The molecule has 0 saturated carbocycles. The van der Waals surface area contributed by atoms with Gasteiger partial charge in [0.25, 0.3) is 0 Å². The molecule has 1 saturated heterocycles. The minimum absolute atomic E-state index is 0.187. The van der Waals surface area contributed by atoms with Gasteiger partial charge in [-0.2, -0.15) is 0 Å². The van der Waals surface area contributed by atoms with Gasteiger partial charge < -0.3 is 4.90 Å². The van der Waals surface area contributed by atoms with Gasteiger partial charge in [-0.25, -0.2) is 4.39 Å². The average molecular weight is 272 g/mol. The fraction of sp³-hybridized carbons (Fsp3) is 0.500. The number of nitrogens with zero attached hydrogens (tertiary/aromatic N) is 1. The van der Waals surface area contributed by atoms with Crippen molar-refractivity contribution in [2.75, 3.05) is 18.0 Å². The molecule has 1 aromatic rings. The normalized spacial score (nSPS) is 17.6. The van der Waals surface area contributed by atoms with E-state index in [1.165, 1.54) is 31.7 Å². The van der Waals surface area contributed by atoms with E-state index < -0.39 is 0 Å². The third-order valence-electron chi connectivity index (χ3n) is 2.87. The summed E-state index contributed by atoms with van der Waals surface area (Å²) in [5.74, 6) is -0.187. The molecule has 1 fully saturated rings. The van der Waals surface area contributed by atoms with Crippen LogP contribution in [-0.2, 0) is 0 Å². The van der Waals surface area contributed by atoms with Gasteiger partial charge in [-0.15, -0.1) is 0 Å². The highest BCUT2D eigenvalue weighted by Crippen LogP contribution is 2.25. The lowest BCUT2D eigenvalue weighted by atomic mass is 10.2. The van der Waals surface area contributed by atoms with Crippen LogP contribution < -0.4 is 4.90 Å². The van der Waals surface area contributed by atoms with E-state index in [2.05, 4.69) is 20.8 Å². The Bertz CT molecular complexity index is 332. The maximum atomic E-state index is 13.1. The summed E-state index contributed by atoms with van der Waals surface area (Å²) in [5, 5.41) is 0. The lowest BCUT2D eigenvalue weighted by molar-refractivity contribution is 0.620. The first kappa shape index (κ1) is 10.9. The van der Waals surface area contributed by atoms with Crippen LogP contribution >= 0.6 is 15.9 Å². The predicted octanol–water partition coefficient (Wildman–Crippen LogP) is 3.97. The number of halogens is 2. The Balaban J connectivity index is 2.16. The van der Waals surface area contributed by atoms with Crippen molar-refractivity contribution in [2.24, 2.45) is 0 Å². The van der Waals surface area contributed by atoms with Gasteiger partial charge in [0, 0.05) is 18.8 Å². The van der Waals surface area contributed by atoms with E-state index in [0.29, 0.717) is 4.47 Å². The van der Waals surface area contributed by atoms with Crippen molar-refractivity contribution >= 4 is 21.6 Å². The zero-order valence-electron chi connectivity index (χ0n) is 8.68. The summed E-state index contributed by atoms with van der Waals surface area (Å²) in [6.07, 6.45) is 5.13. The van der Waals surface area contributed by atoms with Crippen molar-refractivity contribution < 1.29 is 4.39 Å². The number of rotatable bonds is 1. The molecule has 1 heterocycles. The molecule has 0 amide bonds. The van der Waals surface area contributed by atoms with Gasteiger partial charge in [-0.3, -0.25) is 0 Å². The average Bonchev–Trinajstić information content (AvgIpc) is 2.50. The van der Waals surface area contributed by atoms with Crippen molar-refractivity contribution in [3.05, 3.63) is 28.5 Å². The first-order valence-electron chi connectivity index (χ1n) is 5.47. The highest BCUT2D eigenvalue weighted by Gasteiger charge is 2.10. The summed E-state index contributed by atoms with van der Waals surface area (Å²) in [7, 11) is 0. The molecule has 1 aliphatic rings. The quantitative estimate of drug-likeness (QED) is 0.747. The second kappa shape index (κ2) is 4.97. The summed E-state index contributed by atoms with van der Waals surface area (Å²) < 4.78 is 13.6. The lowest BCUT2D eigenvalue weighted by Crippen LogP contribution is -2.23. The Kier molecular flexibility index (Phi) is 3.62.